The number of hydrogen-bond donors (Lipinski definition) is 2. The van der Waals surface area contributed by atoms with Crippen molar-refractivity contribution >= 4 is 11.7 Å². The number of carbonyl (C=O) groups excluding carboxylic acids is 2. The molecule has 1 amide bonds. The highest BCUT2D eigenvalue weighted by Crippen LogP contribution is 2.26. The lowest BCUT2D eigenvalue weighted by Gasteiger charge is -2.32. The molecule has 0 saturated heterocycles. The molecule has 0 unspecified atom stereocenters. The van der Waals surface area contributed by atoms with Gasteiger partial charge in [-0.3, -0.25) is 9.59 Å². The van der Waals surface area contributed by atoms with Gasteiger partial charge in [0.1, 0.15) is 0 Å². The summed E-state index contributed by atoms with van der Waals surface area (Å²) in [5.41, 5.74) is -0.643. The second-order valence-electron chi connectivity index (χ2n) is 3.45. The molecule has 1 rings (SSSR count). The number of aliphatic hydroxyl groups is 1. The molecule has 0 saturated carbocycles. The molecule has 0 spiro atoms. The van der Waals surface area contributed by atoms with Crippen molar-refractivity contribution in [2.24, 2.45) is 0 Å². The minimum absolute atomic E-state index is 0.171. The van der Waals surface area contributed by atoms with Gasteiger partial charge in [-0.05, 0) is 37.1 Å². The van der Waals surface area contributed by atoms with Crippen LogP contribution < -0.4 is 5.32 Å². The molecule has 76 valence electrons. The summed E-state index contributed by atoms with van der Waals surface area (Å²) in [5.74, 6) is -0.516. The van der Waals surface area contributed by atoms with Crippen molar-refractivity contribution in [2.45, 2.75) is 26.5 Å². The van der Waals surface area contributed by atoms with Gasteiger partial charge >= 0.3 is 0 Å². The fourth-order valence-corrected chi connectivity index (χ4v) is 1.44. The van der Waals surface area contributed by atoms with Gasteiger partial charge in [0, 0.05) is 6.92 Å². The summed E-state index contributed by atoms with van der Waals surface area (Å²) in [7, 11) is 0. The van der Waals surface area contributed by atoms with Gasteiger partial charge in [-0.25, -0.2) is 0 Å². The summed E-state index contributed by atoms with van der Waals surface area (Å²) in [6.45, 7) is 4.52. The molecule has 1 aliphatic rings. The van der Waals surface area contributed by atoms with E-state index in [0.717, 1.165) is 0 Å². The zero-order valence-electron chi connectivity index (χ0n) is 8.42. The van der Waals surface area contributed by atoms with Gasteiger partial charge in [0.25, 0.3) is 0 Å². The summed E-state index contributed by atoms with van der Waals surface area (Å²) in [6, 6.07) is 0. The van der Waals surface area contributed by atoms with E-state index in [4.69, 9.17) is 0 Å². The van der Waals surface area contributed by atoms with Crippen LogP contribution in [0.3, 0.4) is 0 Å². The molecule has 0 radical (unpaired) electrons. The van der Waals surface area contributed by atoms with Crippen LogP contribution >= 0.6 is 0 Å². The number of nitrogens with one attached hydrogen (secondary N) is 1. The number of hydrogen-bond acceptors (Lipinski definition) is 3. The molecule has 14 heavy (non-hydrogen) atoms. The second kappa shape index (κ2) is 3.38. The Bertz CT molecular complexity index is 330. The van der Waals surface area contributed by atoms with Crippen LogP contribution in [0.2, 0.25) is 0 Å². The van der Waals surface area contributed by atoms with Crippen molar-refractivity contribution in [2.75, 3.05) is 0 Å². The molecule has 1 aliphatic carbocycles. The highest BCUT2D eigenvalue weighted by atomic mass is 16.3. The molecule has 0 aromatic carbocycles. The van der Waals surface area contributed by atoms with E-state index >= 15 is 0 Å². The molecular formula is C10H13NO3. The first kappa shape index (κ1) is 10.7. The van der Waals surface area contributed by atoms with Crippen molar-refractivity contribution < 1.29 is 14.7 Å². The van der Waals surface area contributed by atoms with E-state index in [-0.39, 0.29) is 11.7 Å². The molecule has 0 aromatic rings. The summed E-state index contributed by atoms with van der Waals surface area (Å²) in [5, 5.41) is 12.5. The third-order valence-corrected chi connectivity index (χ3v) is 2.22. The van der Waals surface area contributed by atoms with E-state index in [0.29, 0.717) is 11.1 Å². The van der Waals surface area contributed by atoms with Crippen LogP contribution in [-0.2, 0) is 9.59 Å². The minimum atomic E-state index is -1.50. The smallest absolute Gasteiger partial charge is 0.219 e. The van der Waals surface area contributed by atoms with Crippen LogP contribution in [0, 0.1) is 0 Å². The molecule has 4 nitrogen and oxygen atoms in total. The first-order valence-electron chi connectivity index (χ1n) is 4.29. The highest BCUT2D eigenvalue weighted by molar-refractivity contribution is 6.02. The van der Waals surface area contributed by atoms with Crippen molar-refractivity contribution in [3.8, 4) is 0 Å². The maximum atomic E-state index is 11.1. The molecule has 0 fully saturated rings. The van der Waals surface area contributed by atoms with E-state index in [1.54, 1.807) is 13.8 Å². The normalized spacial score (nSPS) is 19.9. The Morgan fingerprint density at radius 1 is 1.36 bits per heavy atom. The lowest BCUT2D eigenvalue weighted by Crippen LogP contribution is -2.51. The van der Waals surface area contributed by atoms with Crippen LogP contribution in [0.15, 0.2) is 23.3 Å². The Morgan fingerprint density at radius 2 is 1.79 bits per heavy atom. The Morgan fingerprint density at radius 3 is 2.14 bits per heavy atom. The fraction of sp³-hybridized carbons (Fsp3) is 0.400. The molecule has 0 atom stereocenters. The van der Waals surface area contributed by atoms with Crippen molar-refractivity contribution in [3.63, 3.8) is 0 Å². The summed E-state index contributed by atoms with van der Waals surface area (Å²) >= 11 is 0. The van der Waals surface area contributed by atoms with Crippen molar-refractivity contribution in [1.29, 1.82) is 0 Å². The van der Waals surface area contributed by atoms with Gasteiger partial charge in [0.15, 0.2) is 11.5 Å². The number of amides is 1. The van der Waals surface area contributed by atoms with Gasteiger partial charge in [-0.2, -0.15) is 0 Å². The molecule has 4 heteroatoms. The maximum absolute atomic E-state index is 11.1. The lowest BCUT2D eigenvalue weighted by molar-refractivity contribution is -0.124. The highest BCUT2D eigenvalue weighted by Gasteiger charge is 2.35. The summed E-state index contributed by atoms with van der Waals surface area (Å²) in [4.78, 5) is 22.0. The number of rotatable bonds is 1. The number of allylic oxidation sites excluding steroid dienone is 2. The van der Waals surface area contributed by atoms with E-state index in [2.05, 4.69) is 5.32 Å². The standard InChI is InChI=1S/C10H13NO3/c1-6-4-9(13)5-7(2)10(6,14)11-8(3)12/h4-5,14H,1-3H3,(H,11,12). The van der Waals surface area contributed by atoms with E-state index < -0.39 is 5.72 Å². The SMILES string of the molecule is CC(=O)NC1(O)C(C)=CC(=O)C=C1C. The third kappa shape index (κ3) is 1.75. The van der Waals surface area contributed by atoms with Gasteiger partial charge < -0.3 is 10.4 Å². The Kier molecular flexibility index (Phi) is 2.57. The predicted molar refractivity (Wildman–Crippen MR) is 51.3 cm³/mol. The van der Waals surface area contributed by atoms with Crippen molar-refractivity contribution in [3.05, 3.63) is 23.3 Å². The molecule has 0 heterocycles. The van der Waals surface area contributed by atoms with E-state index in [1.165, 1.54) is 19.1 Å². The summed E-state index contributed by atoms with van der Waals surface area (Å²) in [6.07, 6.45) is 2.62. The van der Waals surface area contributed by atoms with Crippen LogP contribution in [0.4, 0.5) is 0 Å². The molecule has 2 N–H and O–H groups in total. The predicted octanol–water partition coefficient (Wildman–Crippen LogP) is 0.286. The molecule has 0 aliphatic heterocycles. The molecule has 0 bridgehead atoms. The zero-order chi connectivity index (χ0) is 10.9. The number of ketones is 1. The maximum Gasteiger partial charge on any atom is 0.219 e. The van der Waals surface area contributed by atoms with Crippen LogP contribution in [-0.4, -0.2) is 22.5 Å². The average molecular weight is 195 g/mol. The minimum Gasteiger partial charge on any atom is -0.364 e. The number of carbonyl (C=O) groups is 2. The topological polar surface area (TPSA) is 66.4 Å². The largest absolute Gasteiger partial charge is 0.364 e. The third-order valence-electron chi connectivity index (χ3n) is 2.22. The van der Waals surface area contributed by atoms with Crippen LogP contribution in [0.5, 0.6) is 0 Å². The molecule has 0 aromatic heterocycles. The Balaban J connectivity index is 3.08. The average Bonchev–Trinajstić information content (AvgIpc) is 1.99. The van der Waals surface area contributed by atoms with Gasteiger partial charge in [0.05, 0.1) is 0 Å². The first-order valence-corrected chi connectivity index (χ1v) is 4.29. The monoisotopic (exact) mass is 195 g/mol. The first-order chi connectivity index (χ1) is 6.36. The zero-order valence-corrected chi connectivity index (χ0v) is 8.42. The van der Waals surface area contributed by atoms with Crippen LogP contribution in [0.25, 0.3) is 0 Å². The molecular weight excluding hydrogens is 182 g/mol. The Labute approximate surface area is 82.3 Å². The van der Waals surface area contributed by atoms with Crippen LogP contribution in [0.1, 0.15) is 20.8 Å². The van der Waals surface area contributed by atoms with Crippen molar-refractivity contribution in [1.82, 2.24) is 5.32 Å². The quantitative estimate of drug-likeness (QED) is 0.591. The van der Waals surface area contributed by atoms with Gasteiger partial charge in [0.2, 0.25) is 5.91 Å². The fourth-order valence-electron chi connectivity index (χ4n) is 1.44. The summed E-state index contributed by atoms with van der Waals surface area (Å²) < 4.78 is 0. The lowest BCUT2D eigenvalue weighted by atomic mass is 9.90. The Hall–Kier alpha value is -1.42. The van der Waals surface area contributed by atoms with E-state index in [9.17, 15) is 14.7 Å². The second-order valence-corrected chi connectivity index (χ2v) is 3.45. The van der Waals surface area contributed by atoms with Gasteiger partial charge in [-0.15, -0.1) is 0 Å². The van der Waals surface area contributed by atoms with E-state index in [1.807, 2.05) is 0 Å². The van der Waals surface area contributed by atoms with Gasteiger partial charge in [-0.1, -0.05) is 0 Å².